The van der Waals surface area contributed by atoms with Crippen LogP contribution in [0.2, 0.25) is 8.67 Å². The maximum Gasteiger partial charge on any atom is 0.0982 e. The minimum atomic E-state index is -0.482. The van der Waals surface area contributed by atoms with Gasteiger partial charge < -0.3 is 10.8 Å². The number of aliphatic hydroxyl groups is 1. The average Bonchev–Trinajstić information content (AvgIpc) is 2.44. The molecule has 5 heteroatoms. The van der Waals surface area contributed by atoms with Crippen molar-refractivity contribution >= 4 is 34.5 Å². The number of rotatable bonds is 4. The Morgan fingerprint density at radius 2 is 1.94 bits per heavy atom. The quantitative estimate of drug-likeness (QED) is 0.888. The molecule has 0 fully saturated rings. The highest BCUT2D eigenvalue weighted by atomic mass is 35.5. The van der Waals surface area contributed by atoms with Crippen molar-refractivity contribution in [3.8, 4) is 0 Å². The molecule has 1 atom stereocenters. The standard InChI is InChI=1S/C11H17Cl2NOS/c1-10(2,14)11(3,4-5-15)7-6-8(12)16-9(7)13/h6,15H,4-5,14H2,1-3H3. The van der Waals surface area contributed by atoms with E-state index in [1.165, 1.54) is 11.3 Å². The van der Waals surface area contributed by atoms with Gasteiger partial charge >= 0.3 is 0 Å². The Balaban J connectivity index is 3.27. The van der Waals surface area contributed by atoms with Gasteiger partial charge in [-0.25, -0.2) is 0 Å². The molecule has 0 aliphatic rings. The summed E-state index contributed by atoms with van der Waals surface area (Å²) in [6.45, 7) is 5.95. The van der Waals surface area contributed by atoms with E-state index in [9.17, 15) is 5.11 Å². The summed E-state index contributed by atoms with van der Waals surface area (Å²) >= 11 is 13.5. The Labute approximate surface area is 110 Å². The van der Waals surface area contributed by atoms with Crippen LogP contribution in [0.25, 0.3) is 0 Å². The molecule has 0 radical (unpaired) electrons. The summed E-state index contributed by atoms with van der Waals surface area (Å²) in [4.78, 5) is 0. The molecular weight excluding hydrogens is 265 g/mol. The van der Waals surface area contributed by atoms with Crippen LogP contribution < -0.4 is 5.73 Å². The van der Waals surface area contributed by atoms with Crippen molar-refractivity contribution in [3.63, 3.8) is 0 Å². The summed E-state index contributed by atoms with van der Waals surface area (Å²) in [5.74, 6) is 0. The molecule has 1 aromatic rings. The van der Waals surface area contributed by atoms with Gasteiger partial charge in [0.2, 0.25) is 0 Å². The van der Waals surface area contributed by atoms with E-state index in [-0.39, 0.29) is 12.0 Å². The van der Waals surface area contributed by atoms with E-state index < -0.39 is 5.54 Å². The van der Waals surface area contributed by atoms with Crippen molar-refractivity contribution < 1.29 is 5.11 Å². The first-order valence-corrected chi connectivity index (χ1v) is 6.64. The number of thiophene rings is 1. The third kappa shape index (κ3) is 2.54. The molecule has 16 heavy (non-hydrogen) atoms. The minimum Gasteiger partial charge on any atom is -0.396 e. The molecule has 92 valence electrons. The summed E-state index contributed by atoms with van der Waals surface area (Å²) in [5, 5.41) is 9.20. The second kappa shape index (κ2) is 4.83. The lowest BCUT2D eigenvalue weighted by molar-refractivity contribution is 0.191. The summed E-state index contributed by atoms with van der Waals surface area (Å²) in [6, 6.07) is 1.85. The summed E-state index contributed by atoms with van der Waals surface area (Å²) < 4.78 is 1.30. The fraction of sp³-hybridized carbons (Fsp3) is 0.636. The van der Waals surface area contributed by atoms with Crippen LogP contribution in [0.1, 0.15) is 32.8 Å². The van der Waals surface area contributed by atoms with Crippen molar-refractivity contribution in [2.45, 2.75) is 38.1 Å². The van der Waals surface area contributed by atoms with Gasteiger partial charge in [-0.15, -0.1) is 11.3 Å². The zero-order valence-electron chi connectivity index (χ0n) is 9.68. The third-order valence-corrected chi connectivity index (χ3v) is 4.77. The van der Waals surface area contributed by atoms with Gasteiger partial charge in [-0.1, -0.05) is 30.1 Å². The van der Waals surface area contributed by atoms with Crippen LogP contribution >= 0.6 is 34.5 Å². The van der Waals surface area contributed by atoms with Crippen molar-refractivity contribution in [1.82, 2.24) is 0 Å². The summed E-state index contributed by atoms with van der Waals surface area (Å²) in [5.41, 5.74) is 6.26. The van der Waals surface area contributed by atoms with Crippen molar-refractivity contribution in [3.05, 3.63) is 20.3 Å². The van der Waals surface area contributed by atoms with E-state index in [0.29, 0.717) is 15.1 Å². The molecule has 0 spiro atoms. The van der Waals surface area contributed by atoms with Crippen LogP contribution in [0.3, 0.4) is 0 Å². The largest absolute Gasteiger partial charge is 0.396 e. The Hall–Kier alpha value is 0.200. The SMILES string of the molecule is CC(C)(N)C(C)(CCO)c1cc(Cl)sc1Cl. The highest BCUT2D eigenvalue weighted by molar-refractivity contribution is 7.20. The topological polar surface area (TPSA) is 46.2 Å². The summed E-state index contributed by atoms with van der Waals surface area (Å²) in [6.07, 6.45) is 0.559. The second-order valence-corrected chi connectivity index (χ2v) is 7.05. The predicted octanol–water partition coefficient (Wildman–Crippen LogP) is 3.43. The monoisotopic (exact) mass is 281 g/mol. The van der Waals surface area contributed by atoms with Gasteiger partial charge in [0.05, 0.1) is 8.67 Å². The van der Waals surface area contributed by atoms with Gasteiger partial charge in [0, 0.05) is 17.6 Å². The number of nitrogens with two attached hydrogens (primary N) is 1. The molecule has 1 aromatic heterocycles. The zero-order valence-corrected chi connectivity index (χ0v) is 12.0. The van der Waals surface area contributed by atoms with Crippen LogP contribution in [0.5, 0.6) is 0 Å². The highest BCUT2D eigenvalue weighted by Crippen LogP contribution is 2.44. The second-order valence-electron chi connectivity index (χ2n) is 4.77. The lowest BCUT2D eigenvalue weighted by Crippen LogP contribution is -2.52. The predicted molar refractivity (Wildman–Crippen MR) is 71.7 cm³/mol. The first-order chi connectivity index (χ1) is 7.22. The van der Waals surface area contributed by atoms with Crippen LogP contribution in [0, 0.1) is 0 Å². The fourth-order valence-electron chi connectivity index (χ4n) is 1.74. The molecule has 0 aliphatic carbocycles. The normalized spacial score (nSPS) is 16.2. The van der Waals surface area contributed by atoms with E-state index in [1.54, 1.807) is 0 Å². The molecule has 1 unspecified atom stereocenters. The smallest absolute Gasteiger partial charge is 0.0982 e. The number of hydrogen-bond acceptors (Lipinski definition) is 3. The lowest BCUT2D eigenvalue weighted by atomic mass is 9.67. The molecule has 0 amide bonds. The van der Waals surface area contributed by atoms with Crippen LogP contribution in [-0.4, -0.2) is 17.3 Å². The Morgan fingerprint density at radius 3 is 2.25 bits per heavy atom. The minimum absolute atomic E-state index is 0.0704. The van der Waals surface area contributed by atoms with Gasteiger partial charge in [-0.3, -0.25) is 0 Å². The Bertz CT molecular complexity index is 373. The maximum atomic E-state index is 9.20. The van der Waals surface area contributed by atoms with Gasteiger partial charge in [0.1, 0.15) is 0 Å². The van der Waals surface area contributed by atoms with E-state index in [2.05, 4.69) is 0 Å². The highest BCUT2D eigenvalue weighted by Gasteiger charge is 2.41. The van der Waals surface area contributed by atoms with Crippen LogP contribution in [0.4, 0.5) is 0 Å². The van der Waals surface area contributed by atoms with Gasteiger partial charge in [-0.05, 0) is 31.9 Å². The molecule has 3 N–H and O–H groups in total. The zero-order chi connectivity index (χ0) is 12.6. The first-order valence-electron chi connectivity index (χ1n) is 5.07. The van der Waals surface area contributed by atoms with Crippen molar-refractivity contribution in [1.29, 1.82) is 0 Å². The van der Waals surface area contributed by atoms with Gasteiger partial charge in [-0.2, -0.15) is 0 Å². The molecule has 1 rings (SSSR count). The molecule has 0 saturated heterocycles. The molecule has 0 saturated carbocycles. The number of hydrogen-bond donors (Lipinski definition) is 2. The average molecular weight is 282 g/mol. The Kier molecular flexibility index (Phi) is 4.30. The van der Waals surface area contributed by atoms with E-state index in [1.807, 2.05) is 26.8 Å². The molecule has 0 bridgehead atoms. The maximum absolute atomic E-state index is 9.20. The fourth-order valence-corrected chi connectivity index (χ4v) is 3.46. The molecule has 0 aliphatic heterocycles. The van der Waals surface area contributed by atoms with Crippen LogP contribution in [-0.2, 0) is 5.41 Å². The first kappa shape index (κ1) is 14.3. The summed E-state index contributed by atoms with van der Waals surface area (Å²) in [7, 11) is 0. The molecule has 1 heterocycles. The third-order valence-electron chi connectivity index (χ3n) is 3.29. The Morgan fingerprint density at radius 1 is 1.38 bits per heavy atom. The van der Waals surface area contributed by atoms with E-state index in [0.717, 1.165) is 5.56 Å². The lowest BCUT2D eigenvalue weighted by Gasteiger charge is -2.41. The number of aliphatic hydroxyl groups excluding tert-OH is 1. The van der Waals surface area contributed by atoms with Crippen molar-refractivity contribution in [2.24, 2.45) is 5.73 Å². The van der Waals surface area contributed by atoms with E-state index in [4.69, 9.17) is 28.9 Å². The van der Waals surface area contributed by atoms with Crippen LogP contribution in [0.15, 0.2) is 6.07 Å². The molecule has 2 nitrogen and oxygen atoms in total. The van der Waals surface area contributed by atoms with Gasteiger partial charge in [0.15, 0.2) is 0 Å². The number of halogens is 2. The van der Waals surface area contributed by atoms with E-state index >= 15 is 0 Å². The van der Waals surface area contributed by atoms with Gasteiger partial charge in [0.25, 0.3) is 0 Å². The van der Waals surface area contributed by atoms with Crippen molar-refractivity contribution in [2.75, 3.05) is 6.61 Å². The molecule has 0 aromatic carbocycles. The molecular formula is C11H17Cl2NOS.